The number of carbonyl (C=O) groups is 1. The summed E-state index contributed by atoms with van der Waals surface area (Å²) in [5, 5.41) is 12.2. The first-order valence-electron chi connectivity index (χ1n) is 8.70. The smallest absolute Gasteiger partial charge is 0.230 e. The molecule has 0 saturated heterocycles. The molecule has 138 valence electrons. The van der Waals surface area contributed by atoms with Gasteiger partial charge in [-0.05, 0) is 42.7 Å². The van der Waals surface area contributed by atoms with Crippen molar-refractivity contribution >= 4 is 17.7 Å². The number of rotatable bonds is 7. The van der Waals surface area contributed by atoms with Crippen LogP contribution in [0.1, 0.15) is 24.4 Å². The lowest BCUT2D eigenvalue weighted by Gasteiger charge is -2.09. The summed E-state index contributed by atoms with van der Waals surface area (Å²) in [4.78, 5) is 16.3. The Hall–Kier alpha value is -2.74. The predicted molar refractivity (Wildman–Crippen MR) is 100 cm³/mol. The van der Waals surface area contributed by atoms with E-state index in [1.54, 1.807) is 24.5 Å². The Morgan fingerprint density at radius 2 is 2.04 bits per heavy atom. The first-order chi connectivity index (χ1) is 13.2. The fraction of sp³-hybridized carbons (Fsp3) is 0.263. The van der Waals surface area contributed by atoms with E-state index in [0.717, 1.165) is 34.9 Å². The molecule has 1 aromatic carbocycles. The lowest BCUT2D eigenvalue weighted by Crippen LogP contribution is -2.24. The van der Waals surface area contributed by atoms with E-state index in [-0.39, 0.29) is 17.5 Å². The molecule has 8 heteroatoms. The van der Waals surface area contributed by atoms with Crippen LogP contribution in [0.5, 0.6) is 0 Å². The Bertz CT molecular complexity index is 925. The van der Waals surface area contributed by atoms with Gasteiger partial charge in [-0.1, -0.05) is 23.9 Å². The highest BCUT2D eigenvalue weighted by Crippen LogP contribution is 2.40. The molecule has 1 amide bonds. The number of hydrogen-bond donors (Lipinski definition) is 1. The van der Waals surface area contributed by atoms with Gasteiger partial charge in [0, 0.05) is 30.5 Å². The molecule has 1 aliphatic carbocycles. The Morgan fingerprint density at radius 3 is 2.74 bits per heavy atom. The number of carbonyl (C=O) groups excluding carboxylic acids is 1. The number of pyridine rings is 1. The highest BCUT2D eigenvalue weighted by Gasteiger charge is 2.30. The molecule has 2 heterocycles. The fourth-order valence-electron chi connectivity index (χ4n) is 2.71. The molecule has 1 fully saturated rings. The molecule has 0 atom stereocenters. The topological polar surface area (TPSA) is 72.7 Å². The fourth-order valence-corrected chi connectivity index (χ4v) is 3.55. The quantitative estimate of drug-likeness (QED) is 0.634. The summed E-state index contributed by atoms with van der Waals surface area (Å²) in [6.45, 7) is 0.371. The largest absolute Gasteiger partial charge is 0.351 e. The third-order valence-electron chi connectivity index (χ3n) is 4.23. The molecule has 0 unspecified atom stereocenters. The van der Waals surface area contributed by atoms with Crippen molar-refractivity contribution in [2.24, 2.45) is 0 Å². The van der Waals surface area contributed by atoms with Crippen LogP contribution < -0.4 is 5.32 Å². The third-order valence-corrected chi connectivity index (χ3v) is 5.17. The zero-order valence-electron chi connectivity index (χ0n) is 14.5. The van der Waals surface area contributed by atoms with Gasteiger partial charge in [-0.25, -0.2) is 4.39 Å². The van der Waals surface area contributed by atoms with E-state index >= 15 is 0 Å². The molecule has 6 nitrogen and oxygen atoms in total. The molecular formula is C19H18FN5OS. The van der Waals surface area contributed by atoms with Gasteiger partial charge in [0.2, 0.25) is 5.91 Å². The van der Waals surface area contributed by atoms with Crippen molar-refractivity contribution in [3.05, 3.63) is 60.2 Å². The third kappa shape index (κ3) is 4.33. The zero-order valence-corrected chi connectivity index (χ0v) is 15.3. The number of halogens is 1. The number of amides is 1. The van der Waals surface area contributed by atoms with E-state index in [1.807, 2.05) is 12.1 Å². The van der Waals surface area contributed by atoms with Crippen LogP contribution in [0.2, 0.25) is 0 Å². The van der Waals surface area contributed by atoms with Gasteiger partial charge in [-0.3, -0.25) is 14.3 Å². The first-order valence-corrected chi connectivity index (χ1v) is 9.68. The molecular weight excluding hydrogens is 365 g/mol. The summed E-state index contributed by atoms with van der Waals surface area (Å²) in [5.74, 6) is 0.654. The van der Waals surface area contributed by atoms with Gasteiger partial charge in [0.25, 0.3) is 0 Å². The molecule has 0 radical (unpaired) electrons. The predicted octanol–water partition coefficient (Wildman–Crippen LogP) is 3.22. The van der Waals surface area contributed by atoms with Crippen LogP contribution in [-0.2, 0) is 11.3 Å². The summed E-state index contributed by atoms with van der Waals surface area (Å²) in [5.41, 5.74) is 1.78. The van der Waals surface area contributed by atoms with Gasteiger partial charge in [0.1, 0.15) is 5.82 Å². The number of hydrogen-bond acceptors (Lipinski definition) is 5. The number of benzene rings is 1. The normalized spacial score (nSPS) is 13.5. The maximum atomic E-state index is 12.9. The second-order valence-corrected chi connectivity index (χ2v) is 7.28. The van der Waals surface area contributed by atoms with Crippen molar-refractivity contribution in [3.8, 4) is 11.4 Å². The van der Waals surface area contributed by atoms with Crippen molar-refractivity contribution in [2.75, 3.05) is 5.75 Å². The Balaban J connectivity index is 1.39. The SMILES string of the molecule is O=C(CSc1nnc(-c2cccnc2)n1C1CC1)NCc1ccc(F)cc1. The van der Waals surface area contributed by atoms with Gasteiger partial charge in [0.15, 0.2) is 11.0 Å². The number of aromatic nitrogens is 4. The van der Waals surface area contributed by atoms with Crippen LogP contribution in [0, 0.1) is 5.82 Å². The summed E-state index contributed by atoms with van der Waals surface area (Å²) in [7, 11) is 0. The minimum atomic E-state index is -0.288. The second-order valence-electron chi connectivity index (χ2n) is 6.34. The van der Waals surface area contributed by atoms with Crippen LogP contribution in [-0.4, -0.2) is 31.4 Å². The molecule has 0 bridgehead atoms. The lowest BCUT2D eigenvalue weighted by atomic mass is 10.2. The van der Waals surface area contributed by atoms with Crippen LogP contribution in [0.25, 0.3) is 11.4 Å². The summed E-state index contributed by atoms with van der Waals surface area (Å²) >= 11 is 1.37. The average Bonchev–Trinajstić information content (AvgIpc) is 3.45. The average molecular weight is 383 g/mol. The van der Waals surface area contributed by atoms with Gasteiger partial charge in [-0.2, -0.15) is 0 Å². The summed E-state index contributed by atoms with van der Waals surface area (Å²) < 4.78 is 15.0. The maximum absolute atomic E-state index is 12.9. The molecule has 27 heavy (non-hydrogen) atoms. The standard InChI is InChI=1S/C19H18FN5OS/c20-15-5-3-13(4-6-15)10-22-17(26)12-27-19-24-23-18(25(19)16-7-8-16)14-2-1-9-21-11-14/h1-6,9,11,16H,7-8,10,12H2,(H,22,26). The van der Waals surface area contributed by atoms with Crippen molar-refractivity contribution < 1.29 is 9.18 Å². The van der Waals surface area contributed by atoms with Gasteiger partial charge < -0.3 is 5.32 Å². The van der Waals surface area contributed by atoms with Gasteiger partial charge >= 0.3 is 0 Å². The molecule has 1 aliphatic rings. The summed E-state index contributed by atoms with van der Waals surface area (Å²) in [6, 6.07) is 10.3. The van der Waals surface area contributed by atoms with Crippen LogP contribution in [0.3, 0.4) is 0 Å². The van der Waals surface area contributed by atoms with Crippen LogP contribution >= 0.6 is 11.8 Å². The molecule has 1 N–H and O–H groups in total. The van der Waals surface area contributed by atoms with Crippen LogP contribution in [0.15, 0.2) is 53.9 Å². The first kappa shape index (κ1) is 17.7. The van der Waals surface area contributed by atoms with Gasteiger partial charge in [-0.15, -0.1) is 10.2 Å². The van der Waals surface area contributed by atoms with Crippen molar-refractivity contribution in [3.63, 3.8) is 0 Å². The van der Waals surface area contributed by atoms with Crippen molar-refractivity contribution in [2.45, 2.75) is 30.6 Å². The van der Waals surface area contributed by atoms with E-state index in [9.17, 15) is 9.18 Å². The monoisotopic (exact) mass is 383 g/mol. The molecule has 0 spiro atoms. The number of nitrogens with one attached hydrogen (secondary N) is 1. The molecule has 0 aliphatic heterocycles. The number of thioether (sulfide) groups is 1. The Kier molecular flexibility index (Phi) is 5.15. The number of nitrogens with zero attached hydrogens (tertiary/aromatic N) is 4. The minimum Gasteiger partial charge on any atom is -0.351 e. The zero-order chi connectivity index (χ0) is 18.6. The van der Waals surface area contributed by atoms with E-state index < -0.39 is 0 Å². The van der Waals surface area contributed by atoms with Crippen molar-refractivity contribution in [1.82, 2.24) is 25.1 Å². The highest BCUT2D eigenvalue weighted by atomic mass is 32.2. The molecule has 1 saturated carbocycles. The summed E-state index contributed by atoms with van der Waals surface area (Å²) in [6.07, 6.45) is 5.68. The van der Waals surface area contributed by atoms with E-state index in [0.29, 0.717) is 12.6 Å². The lowest BCUT2D eigenvalue weighted by molar-refractivity contribution is -0.118. The minimum absolute atomic E-state index is 0.0994. The van der Waals surface area contributed by atoms with Gasteiger partial charge in [0.05, 0.1) is 5.75 Å². The van der Waals surface area contributed by atoms with Crippen molar-refractivity contribution in [1.29, 1.82) is 0 Å². The Labute approximate surface area is 160 Å². The molecule has 4 rings (SSSR count). The maximum Gasteiger partial charge on any atom is 0.230 e. The van der Waals surface area contributed by atoms with Crippen LogP contribution in [0.4, 0.5) is 4.39 Å². The van der Waals surface area contributed by atoms with E-state index in [1.165, 1.54) is 23.9 Å². The van der Waals surface area contributed by atoms with E-state index in [2.05, 4.69) is 25.1 Å². The van der Waals surface area contributed by atoms with E-state index in [4.69, 9.17) is 0 Å². The molecule has 3 aromatic rings. The molecule has 2 aromatic heterocycles. The second kappa shape index (κ2) is 7.87. The highest BCUT2D eigenvalue weighted by molar-refractivity contribution is 7.99. The Morgan fingerprint density at radius 1 is 1.22 bits per heavy atom.